The number of hydrogen-bond acceptors (Lipinski definition) is 7. The lowest BCUT2D eigenvalue weighted by Crippen LogP contribution is -2.37. The van der Waals surface area contributed by atoms with Crippen LogP contribution in [0, 0.1) is 0 Å². The van der Waals surface area contributed by atoms with Gasteiger partial charge in [0, 0.05) is 37.7 Å². The molecule has 2 N–H and O–H groups in total. The van der Waals surface area contributed by atoms with E-state index in [9.17, 15) is 18.0 Å². The van der Waals surface area contributed by atoms with Gasteiger partial charge in [-0.2, -0.15) is 0 Å². The summed E-state index contributed by atoms with van der Waals surface area (Å²) in [7, 11) is -3.12. The normalized spacial score (nSPS) is 15.4. The number of nitrogens with one attached hydrogen (secondary N) is 2. The Kier molecular flexibility index (Phi) is 7.38. The third-order valence-electron chi connectivity index (χ3n) is 5.20. The van der Waals surface area contributed by atoms with Crippen molar-refractivity contribution in [1.29, 1.82) is 0 Å². The largest absolute Gasteiger partial charge is 0.380 e. The van der Waals surface area contributed by atoms with Gasteiger partial charge < -0.3 is 10.6 Å². The molecule has 29 heavy (non-hydrogen) atoms. The van der Waals surface area contributed by atoms with Crippen molar-refractivity contribution in [3.8, 4) is 0 Å². The number of nitrogens with zero attached hydrogens (tertiary/aromatic N) is 2. The molecule has 3 rings (SSSR count). The maximum Gasteiger partial charge on any atom is 0.253 e. The van der Waals surface area contributed by atoms with Crippen LogP contribution in [0.25, 0.3) is 0 Å². The van der Waals surface area contributed by atoms with Gasteiger partial charge in [0.05, 0.1) is 5.75 Å². The number of sulfonamides is 1. The third kappa shape index (κ3) is 5.63. The fraction of sp³-hybridized carbons (Fsp3) is 0.550. The van der Waals surface area contributed by atoms with E-state index < -0.39 is 20.9 Å². The van der Waals surface area contributed by atoms with Crippen LogP contribution in [0.5, 0.6) is 0 Å². The molecule has 0 saturated carbocycles. The minimum atomic E-state index is -3.12. The minimum Gasteiger partial charge on any atom is -0.380 e. The van der Waals surface area contributed by atoms with Crippen molar-refractivity contribution in [2.75, 3.05) is 36.0 Å². The van der Waals surface area contributed by atoms with E-state index in [1.807, 2.05) is 0 Å². The molecule has 1 aliphatic rings. The van der Waals surface area contributed by atoms with E-state index in [1.54, 1.807) is 28.8 Å². The van der Waals surface area contributed by atoms with Crippen LogP contribution in [-0.4, -0.2) is 43.1 Å². The van der Waals surface area contributed by atoms with Crippen LogP contribution in [-0.2, 0) is 10.0 Å². The summed E-state index contributed by atoms with van der Waals surface area (Å²) in [6.07, 6.45) is 9.38. The maximum absolute atomic E-state index is 12.3. The van der Waals surface area contributed by atoms with Crippen molar-refractivity contribution in [3.05, 3.63) is 45.0 Å². The van der Waals surface area contributed by atoms with Crippen LogP contribution >= 0.6 is 0 Å². The summed E-state index contributed by atoms with van der Waals surface area (Å²) in [6, 6.07) is 3.44. The summed E-state index contributed by atoms with van der Waals surface area (Å²) < 4.78 is 26.2. The fourth-order valence-corrected chi connectivity index (χ4v) is 5.15. The van der Waals surface area contributed by atoms with Gasteiger partial charge in [-0.25, -0.2) is 12.7 Å². The summed E-state index contributed by atoms with van der Waals surface area (Å²) in [6.45, 7) is 1.88. The summed E-state index contributed by atoms with van der Waals surface area (Å²) in [4.78, 5) is 27.5. The van der Waals surface area contributed by atoms with Gasteiger partial charge in [-0.05, 0) is 37.8 Å². The minimum absolute atomic E-state index is 0.207. The molecule has 9 heteroatoms. The van der Waals surface area contributed by atoms with Gasteiger partial charge in [-0.15, -0.1) is 0 Å². The maximum atomic E-state index is 12.3. The highest BCUT2D eigenvalue weighted by molar-refractivity contribution is 7.89. The zero-order chi connectivity index (χ0) is 20.7. The molecule has 0 amide bonds. The molecule has 0 atom stereocenters. The second-order valence-electron chi connectivity index (χ2n) is 7.39. The topological polar surface area (TPSA) is 108 Å². The van der Waals surface area contributed by atoms with Gasteiger partial charge in [-0.1, -0.05) is 19.3 Å². The van der Waals surface area contributed by atoms with Crippen LogP contribution in [0.1, 0.15) is 44.9 Å². The third-order valence-corrected chi connectivity index (χ3v) is 7.16. The Balaban J connectivity index is 1.36. The predicted molar refractivity (Wildman–Crippen MR) is 115 cm³/mol. The average Bonchev–Trinajstić information content (AvgIpc) is 2.75. The summed E-state index contributed by atoms with van der Waals surface area (Å²) in [5, 5.41) is 5.99. The SMILES string of the molecule is O=c1c(NCCCCCCS(=O)(=O)N2CCCCC2)c(Nc2ccncc2)c1=O. The van der Waals surface area contributed by atoms with Gasteiger partial charge in [0.25, 0.3) is 10.9 Å². The monoisotopic (exact) mass is 420 g/mol. The molecule has 1 aromatic carbocycles. The molecule has 2 aromatic rings. The molecular weight excluding hydrogens is 392 g/mol. The van der Waals surface area contributed by atoms with Crippen LogP contribution in [0.4, 0.5) is 17.1 Å². The van der Waals surface area contributed by atoms with Crippen LogP contribution in [0.3, 0.4) is 0 Å². The molecule has 0 spiro atoms. The highest BCUT2D eigenvalue weighted by atomic mass is 32.2. The Labute approximate surface area is 171 Å². The molecule has 0 bridgehead atoms. The molecule has 0 aliphatic carbocycles. The van der Waals surface area contributed by atoms with E-state index in [4.69, 9.17) is 0 Å². The first-order valence-corrected chi connectivity index (χ1v) is 11.8. The smallest absolute Gasteiger partial charge is 0.253 e. The van der Waals surface area contributed by atoms with Gasteiger partial charge in [0.15, 0.2) is 0 Å². The van der Waals surface area contributed by atoms with Crippen molar-refractivity contribution in [2.24, 2.45) is 0 Å². The molecule has 1 aliphatic heterocycles. The van der Waals surface area contributed by atoms with E-state index in [2.05, 4.69) is 15.6 Å². The van der Waals surface area contributed by atoms with Gasteiger partial charge in [0.2, 0.25) is 10.0 Å². The van der Waals surface area contributed by atoms with Crippen molar-refractivity contribution >= 4 is 27.1 Å². The second kappa shape index (κ2) is 9.98. The van der Waals surface area contributed by atoms with Crippen molar-refractivity contribution in [2.45, 2.75) is 44.9 Å². The van der Waals surface area contributed by atoms with Crippen molar-refractivity contribution < 1.29 is 8.42 Å². The van der Waals surface area contributed by atoms with Crippen LogP contribution in [0.2, 0.25) is 0 Å². The quantitative estimate of drug-likeness (QED) is 0.424. The molecule has 1 fully saturated rings. The number of anilines is 3. The standard InChI is InChI=1S/C20H28N4O4S/c25-19-17(18(20(19)26)23-16-8-11-21-12-9-16)22-10-4-1-2-7-15-29(27,28)24-13-5-3-6-14-24/h8-9,11-12,22H,1-7,10,13-15H2,(H,21,23). The zero-order valence-electron chi connectivity index (χ0n) is 16.5. The Morgan fingerprint density at radius 3 is 2.28 bits per heavy atom. The van der Waals surface area contributed by atoms with Gasteiger partial charge >= 0.3 is 0 Å². The van der Waals surface area contributed by atoms with Crippen LogP contribution in [0.15, 0.2) is 34.1 Å². The first-order chi connectivity index (χ1) is 14.0. The summed E-state index contributed by atoms with van der Waals surface area (Å²) in [5.74, 6) is 0.207. The molecule has 0 unspecified atom stereocenters. The molecular formula is C20H28N4O4S. The zero-order valence-corrected chi connectivity index (χ0v) is 17.3. The lowest BCUT2D eigenvalue weighted by Gasteiger charge is -2.25. The fourth-order valence-electron chi connectivity index (χ4n) is 3.51. The van der Waals surface area contributed by atoms with Gasteiger partial charge in [0.1, 0.15) is 11.4 Å². The number of pyridine rings is 1. The molecule has 158 valence electrons. The predicted octanol–water partition coefficient (Wildman–Crippen LogP) is 2.21. The first kappa shape index (κ1) is 21.4. The highest BCUT2D eigenvalue weighted by Gasteiger charge is 2.23. The lowest BCUT2D eigenvalue weighted by atomic mass is 10.1. The molecule has 1 aromatic heterocycles. The number of unbranched alkanes of at least 4 members (excludes halogenated alkanes) is 3. The van der Waals surface area contributed by atoms with E-state index in [1.165, 1.54) is 0 Å². The Hall–Kier alpha value is -2.26. The highest BCUT2D eigenvalue weighted by Crippen LogP contribution is 2.20. The lowest BCUT2D eigenvalue weighted by molar-refractivity contribution is 0.346. The van der Waals surface area contributed by atoms with E-state index in [0.29, 0.717) is 37.4 Å². The number of piperidine rings is 1. The van der Waals surface area contributed by atoms with E-state index >= 15 is 0 Å². The number of hydrogen-bond donors (Lipinski definition) is 2. The summed E-state index contributed by atoms with van der Waals surface area (Å²) in [5.41, 5.74) is 0.278. The number of aromatic nitrogens is 1. The van der Waals surface area contributed by atoms with Crippen molar-refractivity contribution in [1.82, 2.24) is 9.29 Å². The Morgan fingerprint density at radius 2 is 1.55 bits per heavy atom. The molecule has 1 saturated heterocycles. The van der Waals surface area contributed by atoms with E-state index in [-0.39, 0.29) is 11.4 Å². The Bertz CT molecular complexity index is 962. The second-order valence-corrected chi connectivity index (χ2v) is 9.47. The molecule has 8 nitrogen and oxygen atoms in total. The van der Waals surface area contributed by atoms with Gasteiger partial charge in [-0.3, -0.25) is 14.6 Å². The van der Waals surface area contributed by atoms with Crippen molar-refractivity contribution in [3.63, 3.8) is 0 Å². The number of rotatable bonds is 11. The summed E-state index contributed by atoms with van der Waals surface area (Å²) >= 11 is 0. The Morgan fingerprint density at radius 1 is 0.897 bits per heavy atom. The average molecular weight is 421 g/mol. The molecule has 0 radical (unpaired) electrons. The molecule has 2 heterocycles. The van der Waals surface area contributed by atoms with Crippen LogP contribution < -0.4 is 21.5 Å². The van der Waals surface area contributed by atoms with E-state index in [0.717, 1.165) is 38.5 Å². The first-order valence-electron chi connectivity index (χ1n) is 10.2.